The number of hydrogen-bond acceptors (Lipinski definition) is 6. The maximum Gasteiger partial charge on any atom is 0.339 e. The van der Waals surface area contributed by atoms with E-state index in [0.29, 0.717) is 4.47 Å². The number of carbonyl (C=O) groups is 1. The fraction of sp³-hybridized carbons (Fsp3) is 0.364. The lowest BCUT2D eigenvalue weighted by Crippen LogP contribution is -2.33. The Balaban J connectivity index is 3.32. The largest absolute Gasteiger partial charge is 0.465 e. The second-order valence-corrected chi connectivity index (χ2v) is 5.19. The van der Waals surface area contributed by atoms with Gasteiger partial charge in [-0.2, -0.15) is 0 Å². The van der Waals surface area contributed by atoms with Gasteiger partial charge in [0.15, 0.2) is 0 Å². The van der Waals surface area contributed by atoms with Crippen LogP contribution in [0.5, 0.6) is 0 Å². The van der Waals surface area contributed by atoms with Crippen LogP contribution in [0.2, 0.25) is 0 Å². The zero-order valence-corrected chi connectivity index (χ0v) is 11.6. The molecule has 0 heterocycles. The first-order chi connectivity index (χ1) is 8.98. The zero-order chi connectivity index (χ0) is 14.5. The van der Waals surface area contributed by atoms with Crippen molar-refractivity contribution in [2.45, 2.75) is 4.90 Å². The first-order valence-corrected chi connectivity index (χ1v) is 6.66. The number of methoxy groups -OCH3 is 2. The molecule has 0 radical (unpaired) electrons. The van der Waals surface area contributed by atoms with Crippen molar-refractivity contribution in [3.05, 3.63) is 29.8 Å². The summed E-state index contributed by atoms with van der Waals surface area (Å²) in [5, 5.41) is 0. The van der Waals surface area contributed by atoms with Crippen LogP contribution in [0.1, 0.15) is 10.4 Å². The van der Waals surface area contributed by atoms with E-state index in [4.69, 9.17) is 9.57 Å². The number of hydrogen-bond donors (Lipinski definition) is 0. The van der Waals surface area contributed by atoms with Crippen LogP contribution in [-0.2, 0) is 24.3 Å². The number of benzene rings is 1. The summed E-state index contributed by atoms with van der Waals surface area (Å²) >= 11 is 0. The molecule has 0 aliphatic carbocycles. The molecule has 0 N–H and O–H groups in total. The minimum Gasteiger partial charge on any atom is -0.465 e. The maximum atomic E-state index is 12.3. The third-order valence-corrected chi connectivity index (χ3v) is 3.98. The number of rotatable bonds is 6. The van der Waals surface area contributed by atoms with E-state index in [9.17, 15) is 13.2 Å². The van der Waals surface area contributed by atoms with E-state index >= 15 is 0 Å². The number of nitrogens with zero attached hydrogens (tertiary/aromatic N) is 1. The van der Waals surface area contributed by atoms with Crippen molar-refractivity contribution < 1.29 is 27.5 Å². The van der Waals surface area contributed by atoms with Gasteiger partial charge in [0.1, 0.15) is 6.73 Å². The van der Waals surface area contributed by atoms with Crippen LogP contribution >= 0.6 is 0 Å². The summed E-state index contributed by atoms with van der Waals surface area (Å²) in [6.45, 7) is -0.297. The Kier molecular flexibility index (Phi) is 5.43. The highest BCUT2D eigenvalue weighted by Crippen LogP contribution is 2.20. The molecule has 0 saturated carbocycles. The smallest absolute Gasteiger partial charge is 0.339 e. The van der Waals surface area contributed by atoms with Crippen molar-refractivity contribution in [3.8, 4) is 0 Å². The first kappa shape index (κ1) is 15.6. The van der Waals surface area contributed by atoms with Crippen molar-refractivity contribution in [3.63, 3.8) is 0 Å². The van der Waals surface area contributed by atoms with Crippen LogP contribution in [-0.4, -0.2) is 46.9 Å². The second-order valence-electron chi connectivity index (χ2n) is 3.40. The Morgan fingerprint density at radius 1 is 1.21 bits per heavy atom. The Labute approximate surface area is 111 Å². The molecule has 0 unspecified atom stereocenters. The van der Waals surface area contributed by atoms with Gasteiger partial charge < -0.3 is 9.47 Å². The Morgan fingerprint density at radius 2 is 1.84 bits per heavy atom. The van der Waals surface area contributed by atoms with Crippen LogP contribution in [0.25, 0.3) is 0 Å². The summed E-state index contributed by atoms with van der Waals surface area (Å²) in [5.41, 5.74) is -0.0665. The average molecular weight is 289 g/mol. The Bertz CT molecular complexity index is 542. The van der Waals surface area contributed by atoms with E-state index in [1.165, 1.54) is 39.5 Å². The van der Waals surface area contributed by atoms with Gasteiger partial charge in [-0.05, 0) is 12.1 Å². The summed E-state index contributed by atoms with van der Waals surface area (Å²) in [7, 11) is -0.319. The van der Waals surface area contributed by atoms with Crippen molar-refractivity contribution in [2.75, 3.05) is 28.1 Å². The second kappa shape index (κ2) is 6.62. The predicted octanol–water partition coefficient (Wildman–Crippen LogP) is 0.629. The molecule has 0 amide bonds. The molecule has 0 aliphatic rings. The number of hydroxylamine groups is 1. The Hall–Kier alpha value is -1.48. The highest BCUT2D eigenvalue weighted by Gasteiger charge is 2.29. The molecule has 0 saturated heterocycles. The van der Waals surface area contributed by atoms with Crippen molar-refractivity contribution >= 4 is 16.0 Å². The highest BCUT2D eigenvalue weighted by molar-refractivity contribution is 7.89. The minimum atomic E-state index is -4.01. The van der Waals surface area contributed by atoms with Gasteiger partial charge in [0, 0.05) is 7.11 Å². The highest BCUT2D eigenvalue weighted by atomic mass is 32.2. The van der Waals surface area contributed by atoms with E-state index in [-0.39, 0.29) is 17.2 Å². The molecule has 8 heteroatoms. The maximum absolute atomic E-state index is 12.3. The van der Waals surface area contributed by atoms with Crippen molar-refractivity contribution in [1.82, 2.24) is 4.47 Å². The molecule has 0 atom stereocenters. The lowest BCUT2D eigenvalue weighted by Gasteiger charge is -2.19. The van der Waals surface area contributed by atoms with Crippen LogP contribution in [0.4, 0.5) is 0 Å². The first-order valence-electron chi connectivity index (χ1n) is 5.22. The molecule has 0 aliphatic heterocycles. The van der Waals surface area contributed by atoms with E-state index in [1.807, 2.05) is 0 Å². The third-order valence-electron chi connectivity index (χ3n) is 2.28. The fourth-order valence-electron chi connectivity index (χ4n) is 1.41. The van der Waals surface area contributed by atoms with E-state index in [1.54, 1.807) is 6.07 Å². The standard InChI is InChI=1S/C11H15NO6S/c1-16-8-12(18-3)19(14,15)10-7-5-4-6-9(10)11(13)17-2/h4-7H,8H2,1-3H3. The normalized spacial score (nSPS) is 11.6. The quantitative estimate of drug-likeness (QED) is 0.434. The molecule has 0 spiro atoms. The number of esters is 1. The summed E-state index contributed by atoms with van der Waals surface area (Å²) in [6.07, 6.45) is 0. The lowest BCUT2D eigenvalue weighted by atomic mass is 10.2. The SMILES string of the molecule is COCN(OC)S(=O)(=O)c1ccccc1C(=O)OC. The van der Waals surface area contributed by atoms with Gasteiger partial charge in [-0.15, -0.1) is 0 Å². The van der Waals surface area contributed by atoms with Crippen molar-refractivity contribution in [1.29, 1.82) is 0 Å². The molecule has 7 nitrogen and oxygen atoms in total. The summed E-state index contributed by atoms with van der Waals surface area (Å²) < 4.78 is 34.5. The van der Waals surface area contributed by atoms with Gasteiger partial charge in [-0.1, -0.05) is 16.6 Å². The van der Waals surface area contributed by atoms with Gasteiger partial charge >= 0.3 is 5.97 Å². The summed E-state index contributed by atoms with van der Waals surface area (Å²) in [6, 6.07) is 5.70. The van der Waals surface area contributed by atoms with Gasteiger partial charge in [0.05, 0.1) is 24.7 Å². The van der Waals surface area contributed by atoms with Crippen LogP contribution in [0, 0.1) is 0 Å². The molecule has 106 valence electrons. The topological polar surface area (TPSA) is 82.1 Å². The van der Waals surface area contributed by atoms with Gasteiger partial charge in [-0.25, -0.2) is 13.2 Å². The molecule has 0 bridgehead atoms. The average Bonchev–Trinajstić information content (AvgIpc) is 2.43. The van der Waals surface area contributed by atoms with Crippen LogP contribution in [0.15, 0.2) is 29.2 Å². The van der Waals surface area contributed by atoms with Gasteiger partial charge in [0.2, 0.25) is 0 Å². The van der Waals surface area contributed by atoms with Crippen molar-refractivity contribution in [2.24, 2.45) is 0 Å². The van der Waals surface area contributed by atoms with E-state index in [0.717, 1.165) is 0 Å². The number of carbonyl (C=O) groups excluding carboxylic acids is 1. The third kappa shape index (κ3) is 3.29. The fourth-order valence-corrected chi connectivity index (χ4v) is 2.75. The number of sulfonamides is 1. The molecule has 1 aromatic carbocycles. The summed E-state index contributed by atoms with van der Waals surface area (Å²) in [5.74, 6) is -0.743. The van der Waals surface area contributed by atoms with Gasteiger partial charge in [-0.3, -0.25) is 4.84 Å². The monoisotopic (exact) mass is 289 g/mol. The molecular weight excluding hydrogens is 274 g/mol. The van der Waals surface area contributed by atoms with Crippen LogP contribution < -0.4 is 0 Å². The zero-order valence-electron chi connectivity index (χ0n) is 10.8. The molecule has 19 heavy (non-hydrogen) atoms. The molecule has 0 fully saturated rings. The van der Waals surface area contributed by atoms with E-state index < -0.39 is 16.0 Å². The lowest BCUT2D eigenvalue weighted by molar-refractivity contribution is -0.108. The minimum absolute atomic E-state index is 0.0665. The predicted molar refractivity (Wildman–Crippen MR) is 65.7 cm³/mol. The molecule has 1 rings (SSSR count). The van der Waals surface area contributed by atoms with Crippen LogP contribution in [0.3, 0.4) is 0 Å². The summed E-state index contributed by atoms with van der Waals surface area (Å²) in [4.78, 5) is 16.1. The molecular formula is C11H15NO6S. The van der Waals surface area contributed by atoms with Gasteiger partial charge in [0.25, 0.3) is 10.0 Å². The Morgan fingerprint density at radius 3 is 2.37 bits per heavy atom. The van der Waals surface area contributed by atoms with E-state index in [2.05, 4.69) is 4.74 Å². The molecule has 1 aromatic rings. The number of ether oxygens (including phenoxy) is 2. The molecule has 0 aromatic heterocycles.